The normalized spacial score (nSPS) is 14.5. The molecule has 1 aliphatic rings. The highest BCUT2D eigenvalue weighted by molar-refractivity contribution is 7.99. The van der Waals surface area contributed by atoms with E-state index in [9.17, 15) is 0 Å². The van der Waals surface area contributed by atoms with Crippen LogP contribution in [0.5, 0.6) is 0 Å². The molecule has 0 bridgehead atoms. The van der Waals surface area contributed by atoms with Gasteiger partial charge in [-0.3, -0.25) is 0 Å². The number of nitrogens with zero attached hydrogens (tertiary/aromatic N) is 2. The summed E-state index contributed by atoms with van der Waals surface area (Å²) in [6.07, 6.45) is 7.89. The molecule has 0 unspecified atom stereocenters. The smallest absolute Gasteiger partial charge is 0.261 e. The third-order valence-corrected chi connectivity index (χ3v) is 4.08. The highest BCUT2D eigenvalue weighted by atomic mass is 32.2. The average molecular weight is 261 g/mol. The highest BCUT2D eigenvalue weighted by Crippen LogP contribution is 2.31. The lowest BCUT2D eigenvalue weighted by Crippen LogP contribution is -2.10. The Labute approximate surface area is 110 Å². The number of oxazole rings is 1. The lowest BCUT2D eigenvalue weighted by molar-refractivity contribution is 0.453. The summed E-state index contributed by atoms with van der Waals surface area (Å²) in [5, 5.41) is 1.55. The lowest BCUT2D eigenvalue weighted by atomic mass is 9.95. The van der Waals surface area contributed by atoms with Gasteiger partial charge in [-0.1, -0.05) is 6.07 Å². The summed E-state index contributed by atoms with van der Waals surface area (Å²) in [7, 11) is 0. The third kappa shape index (κ3) is 2.28. The largest absolute Gasteiger partial charge is 0.440 e. The van der Waals surface area contributed by atoms with Gasteiger partial charge >= 0.3 is 0 Å². The summed E-state index contributed by atoms with van der Waals surface area (Å²) in [4.78, 5) is 8.86. The quantitative estimate of drug-likeness (QED) is 0.919. The molecule has 0 fully saturated rings. The average Bonchev–Trinajstić information content (AvgIpc) is 2.91. The van der Waals surface area contributed by atoms with Crippen molar-refractivity contribution in [2.45, 2.75) is 42.5 Å². The zero-order valence-electron chi connectivity index (χ0n) is 10.1. The van der Waals surface area contributed by atoms with Gasteiger partial charge in [0.15, 0.2) is 0 Å². The Kier molecular flexibility index (Phi) is 3.34. The number of aromatic nitrogens is 2. The van der Waals surface area contributed by atoms with Gasteiger partial charge in [-0.2, -0.15) is 0 Å². The maximum Gasteiger partial charge on any atom is 0.261 e. The number of fused-ring (bicyclic) bond motifs is 1. The molecule has 3 rings (SSSR count). The molecular formula is C13H15N3OS. The van der Waals surface area contributed by atoms with Crippen LogP contribution >= 0.6 is 11.8 Å². The van der Waals surface area contributed by atoms with Crippen molar-refractivity contribution in [3.63, 3.8) is 0 Å². The Bertz CT molecular complexity index is 539. The number of pyridine rings is 1. The first-order chi connectivity index (χ1) is 8.86. The van der Waals surface area contributed by atoms with Crippen molar-refractivity contribution in [3.05, 3.63) is 35.3 Å². The molecule has 0 aromatic carbocycles. The summed E-state index contributed by atoms with van der Waals surface area (Å²) < 4.78 is 5.25. The van der Waals surface area contributed by atoms with Crippen molar-refractivity contribution in [2.24, 2.45) is 5.73 Å². The van der Waals surface area contributed by atoms with Gasteiger partial charge in [0, 0.05) is 12.2 Å². The predicted octanol–water partition coefficient (Wildman–Crippen LogP) is 2.56. The summed E-state index contributed by atoms with van der Waals surface area (Å²) in [6.45, 7) is 0.503. The van der Waals surface area contributed by atoms with Crippen LogP contribution in [-0.2, 0) is 19.4 Å². The van der Waals surface area contributed by atoms with E-state index < -0.39 is 0 Å². The highest BCUT2D eigenvalue weighted by Gasteiger charge is 2.16. The number of aryl methyl sites for hydroxylation is 2. The molecule has 0 amide bonds. The molecule has 2 N–H and O–H groups in total. The molecule has 0 radical (unpaired) electrons. The molecule has 0 saturated heterocycles. The molecule has 2 heterocycles. The monoisotopic (exact) mass is 261 g/mol. The molecule has 0 spiro atoms. The van der Waals surface area contributed by atoms with Crippen molar-refractivity contribution >= 4 is 11.8 Å². The maximum atomic E-state index is 5.81. The SMILES string of the molecule is NCc1cc2c(nc1Sc1ncco1)CCCC2. The van der Waals surface area contributed by atoms with Gasteiger partial charge in [-0.15, -0.1) is 0 Å². The van der Waals surface area contributed by atoms with E-state index >= 15 is 0 Å². The summed E-state index contributed by atoms with van der Waals surface area (Å²) in [6, 6.07) is 2.20. The molecule has 4 nitrogen and oxygen atoms in total. The minimum atomic E-state index is 0.503. The van der Waals surface area contributed by atoms with Gasteiger partial charge in [0.2, 0.25) is 0 Å². The standard InChI is InChI=1S/C13H15N3OS/c14-8-10-7-9-3-1-2-4-11(9)16-12(10)18-13-15-5-6-17-13/h5-7H,1-4,8,14H2. The first kappa shape index (κ1) is 11.7. The fraction of sp³-hybridized carbons (Fsp3) is 0.385. The second kappa shape index (κ2) is 5.12. The molecule has 2 aromatic heterocycles. The molecule has 18 heavy (non-hydrogen) atoms. The molecule has 1 aliphatic carbocycles. The summed E-state index contributed by atoms with van der Waals surface area (Å²) in [5.74, 6) is 0. The van der Waals surface area contributed by atoms with Crippen LogP contribution in [0.3, 0.4) is 0 Å². The first-order valence-electron chi connectivity index (χ1n) is 6.16. The fourth-order valence-corrected chi connectivity index (χ4v) is 3.05. The van der Waals surface area contributed by atoms with E-state index in [0.29, 0.717) is 11.8 Å². The molecule has 0 aliphatic heterocycles. The van der Waals surface area contributed by atoms with Gasteiger partial charge in [-0.25, -0.2) is 9.97 Å². The third-order valence-electron chi connectivity index (χ3n) is 3.15. The van der Waals surface area contributed by atoms with Crippen molar-refractivity contribution in [2.75, 3.05) is 0 Å². The zero-order chi connectivity index (χ0) is 12.4. The second-order valence-corrected chi connectivity index (χ2v) is 5.31. The molecular weight excluding hydrogens is 246 g/mol. The van der Waals surface area contributed by atoms with E-state index in [-0.39, 0.29) is 0 Å². The van der Waals surface area contributed by atoms with Gasteiger partial charge in [0.05, 0.1) is 6.20 Å². The van der Waals surface area contributed by atoms with Gasteiger partial charge in [-0.05, 0) is 48.6 Å². The Morgan fingerprint density at radius 2 is 2.22 bits per heavy atom. The van der Waals surface area contributed by atoms with Crippen LogP contribution in [0.25, 0.3) is 0 Å². The lowest BCUT2D eigenvalue weighted by Gasteiger charge is -2.17. The van der Waals surface area contributed by atoms with E-state index in [4.69, 9.17) is 15.1 Å². The Morgan fingerprint density at radius 3 is 3.00 bits per heavy atom. The molecule has 94 valence electrons. The summed E-state index contributed by atoms with van der Waals surface area (Å²) in [5.41, 5.74) is 9.47. The van der Waals surface area contributed by atoms with Crippen molar-refractivity contribution in [3.8, 4) is 0 Å². The number of nitrogens with two attached hydrogens (primary N) is 1. The van der Waals surface area contributed by atoms with E-state index in [1.165, 1.54) is 35.9 Å². The van der Waals surface area contributed by atoms with Crippen LogP contribution in [0.15, 0.2) is 33.2 Å². The van der Waals surface area contributed by atoms with Crippen LogP contribution in [0.4, 0.5) is 0 Å². The van der Waals surface area contributed by atoms with Crippen LogP contribution in [0.1, 0.15) is 29.7 Å². The number of rotatable bonds is 3. The minimum Gasteiger partial charge on any atom is -0.440 e. The number of hydrogen-bond acceptors (Lipinski definition) is 5. The fourth-order valence-electron chi connectivity index (χ4n) is 2.24. The molecule has 0 saturated carbocycles. The first-order valence-corrected chi connectivity index (χ1v) is 6.97. The molecule has 0 atom stereocenters. The van der Waals surface area contributed by atoms with E-state index in [1.54, 1.807) is 12.5 Å². The van der Waals surface area contributed by atoms with Gasteiger partial charge in [0.1, 0.15) is 11.3 Å². The Morgan fingerprint density at radius 1 is 1.33 bits per heavy atom. The Hall–Kier alpha value is -1.33. The number of hydrogen-bond donors (Lipinski definition) is 1. The molecule has 2 aromatic rings. The van der Waals surface area contributed by atoms with Crippen molar-refractivity contribution in [1.82, 2.24) is 9.97 Å². The predicted molar refractivity (Wildman–Crippen MR) is 69.4 cm³/mol. The van der Waals surface area contributed by atoms with Crippen LogP contribution in [0.2, 0.25) is 0 Å². The topological polar surface area (TPSA) is 64.9 Å². The van der Waals surface area contributed by atoms with Crippen LogP contribution < -0.4 is 5.73 Å². The van der Waals surface area contributed by atoms with E-state index in [1.807, 2.05) is 0 Å². The van der Waals surface area contributed by atoms with E-state index in [0.717, 1.165) is 23.4 Å². The Balaban J connectivity index is 1.96. The van der Waals surface area contributed by atoms with Gasteiger partial charge < -0.3 is 10.2 Å². The minimum absolute atomic E-state index is 0.503. The van der Waals surface area contributed by atoms with Crippen LogP contribution in [-0.4, -0.2) is 9.97 Å². The second-order valence-electron chi connectivity index (χ2n) is 4.37. The molecule has 5 heteroatoms. The van der Waals surface area contributed by atoms with Crippen molar-refractivity contribution in [1.29, 1.82) is 0 Å². The van der Waals surface area contributed by atoms with Crippen LogP contribution in [0, 0.1) is 0 Å². The maximum absolute atomic E-state index is 5.81. The van der Waals surface area contributed by atoms with Crippen molar-refractivity contribution < 1.29 is 4.42 Å². The zero-order valence-corrected chi connectivity index (χ0v) is 10.9. The van der Waals surface area contributed by atoms with E-state index in [2.05, 4.69) is 11.1 Å². The summed E-state index contributed by atoms with van der Waals surface area (Å²) >= 11 is 1.45. The van der Waals surface area contributed by atoms with Gasteiger partial charge in [0.25, 0.3) is 5.22 Å².